The maximum atomic E-state index is 10.7. The Hall–Kier alpha value is -3.20. The minimum atomic E-state index is -1.13. The molecule has 8 nitrogen and oxygen atoms in total. The fourth-order valence-corrected chi connectivity index (χ4v) is 2.22. The minimum absolute atomic E-state index is 0. The van der Waals surface area contributed by atoms with Crippen LogP contribution in [-0.2, 0) is 0 Å². The Bertz CT molecular complexity index is 1010. The van der Waals surface area contributed by atoms with Gasteiger partial charge < -0.3 is 20.4 Å². The van der Waals surface area contributed by atoms with Crippen molar-refractivity contribution in [1.82, 2.24) is 0 Å². The van der Waals surface area contributed by atoms with Gasteiger partial charge in [0.05, 0.1) is 11.1 Å². The van der Waals surface area contributed by atoms with Crippen molar-refractivity contribution in [3.05, 3.63) is 82.9 Å². The molecule has 0 aromatic heterocycles. The molecular formula is C20H13NaO8. The fourth-order valence-electron chi connectivity index (χ4n) is 2.22. The maximum Gasteiger partial charge on any atom is 1.00 e. The van der Waals surface area contributed by atoms with Crippen molar-refractivity contribution in [2.45, 2.75) is 0 Å². The molecule has 0 radical (unpaired) electrons. The molecule has 3 aromatic rings. The first-order valence-corrected chi connectivity index (χ1v) is 7.68. The Kier molecular flexibility index (Phi) is 8.53. The van der Waals surface area contributed by atoms with Crippen LogP contribution < -0.4 is 29.6 Å². The molecule has 0 amide bonds. The molecule has 0 saturated heterocycles. The third-order valence-corrected chi connectivity index (χ3v) is 3.58. The second kappa shape index (κ2) is 10.4. The Labute approximate surface area is 186 Å². The molecular weight excluding hydrogens is 391 g/mol. The third kappa shape index (κ3) is 6.42. The van der Waals surface area contributed by atoms with Crippen LogP contribution >= 0.6 is 0 Å². The van der Waals surface area contributed by atoms with Crippen molar-refractivity contribution in [3.8, 4) is 0 Å². The topological polar surface area (TPSA) is 149 Å². The minimum Gasteiger partial charge on any atom is -0.513 e. The van der Waals surface area contributed by atoms with Gasteiger partial charge in [0.15, 0.2) is 0 Å². The average molecular weight is 404 g/mol. The third-order valence-electron chi connectivity index (χ3n) is 3.58. The van der Waals surface area contributed by atoms with Gasteiger partial charge in [0.1, 0.15) is 0 Å². The molecule has 0 unspecified atom stereocenters. The largest absolute Gasteiger partial charge is 1.00 e. The van der Waals surface area contributed by atoms with Crippen molar-refractivity contribution in [1.29, 1.82) is 0 Å². The summed E-state index contributed by atoms with van der Waals surface area (Å²) in [7, 11) is 0. The van der Waals surface area contributed by atoms with E-state index in [4.69, 9.17) is 20.4 Å². The normalized spacial score (nSPS) is 9.52. The standard InChI is InChI=1S/C12H7O4.C8H6O4.Na/c13-11(14)9-3-1-7-5-10(12(15)16)4-2-8(7)6-9;9-7(10)5-2-1-3-6(4-5)8(11)12;/h1-5H,(H,13,14)(H,15,16);1-4H,(H,9,10)(H,11,12);/q-1;;+1. The van der Waals surface area contributed by atoms with Gasteiger partial charge in [-0.3, -0.25) is 4.79 Å². The monoisotopic (exact) mass is 404 g/mol. The maximum absolute atomic E-state index is 10.7. The SMILES string of the molecule is O=C(O)c1[c-]c2ccc(C(=O)O)cc2cc1.O=C(O)c1cccc(C(=O)O)c1.[Na+]. The van der Waals surface area contributed by atoms with Gasteiger partial charge >= 0.3 is 47.5 Å². The molecule has 0 heterocycles. The smallest absolute Gasteiger partial charge is 0.513 e. The molecule has 3 rings (SSSR count). The van der Waals surface area contributed by atoms with Crippen molar-refractivity contribution in [2.75, 3.05) is 0 Å². The van der Waals surface area contributed by atoms with Crippen LogP contribution in [0.4, 0.5) is 0 Å². The van der Waals surface area contributed by atoms with Gasteiger partial charge in [0.2, 0.25) is 0 Å². The zero-order valence-electron chi connectivity index (χ0n) is 15.1. The molecule has 0 fully saturated rings. The van der Waals surface area contributed by atoms with Crippen LogP contribution in [0, 0.1) is 6.07 Å². The van der Waals surface area contributed by atoms with Gasteiger partial charge in [0, 0.05) is 5.56 Å². The van der Waals surface area contributed by atoms with E-state index in [1.807, 2.05) is 0 Å². The number of fused-ring (bicyclic) bond motifs is 1. The number of benzene rings is 3. The van der Waals surface area contributed by atoms with Gasteiger partial charge in [-0.1, -0.05) is 23.6 Å². The van der Waals surface area contributed by atoms with Crippen molar-refractivity contribution < 1.29 is 69.2 Å². The van der Waals surface area contributed by atoms with Gasteiger partial charge in [0.25, 0.3) is 5.97 Å². The molecule has 0 aliphatic carbocycles. The molecule has 3 aromatic carbocycles. The number of carboxylic acids is 4. The number of aromatic carboxylic acids is 4. The van der Waals surface area contributed by atoms with E-state index in [0.717, 1.165) is 6.07 Å². The van der Waals surface area contributed by atoms with Crippen LogP contribution in [0.15, 0.2) is 54.6 Å². The second-order valence-corrected chi connectivity index (χ2v) is 5.48. The van der Waals surface area contributed by atoms with Crippen molar-refractivity contribution >= 4 is 34.6 Å². The Morgan fingerprint density at radius 1 is 0.621 bits per heavy atom. The Morgan fingerprint density at radius 2 is 1.14 bits per heavy atom. The number of rotatable bonds is 4. The first-order chi connectivity index (χ1) is 13.2. The molecule has 4 N–H and O–H groups in total. The van der Waals surface area contributed by atoms with Crippen LogP contribution in [0.1, 0.15) is 41.4 Å². The molecule has 29 heavy (non-hydrogen) atoms. The van der Waals surface area contributed by atoms with E-state index in [1.165, 1.54) is 36.4 Å². The van der Waals surface area contributed by atoms with Gasteiger partial charge in [-0.05, 0) is 23.8 Å². The number of carbonyl (C=O) groups is 4. The molecule has 0 saturated carbocycles. The van der Waals surface area contributed by atoms with Gasteiger partial charge in [-0.2, -0.15) is 0 Å². The fraction of sp³-hybridized carbons (Fsp3) is 0. The summed E-state index contributed by atoms with van der Waals surface area (Å²) in [4.78, 5) is 42.2. The summed E-state index contributed by atoms with van der Waals surface area (Å²) in [5.41, 5.74) is 0.198. The molecule has 0 aliphatic heterocycles. The van der Waals surface area contributed by atoms with Crippen LogP contribution in [0.5, 0.6) is 0 Å². The zero-order chi connectivity index (χ0) is 20.8. The van der Waals surface area contributed by atoms with E-state index >= 15 is 0 Å². The van der Waals surface area contributed by atoms with E-state index in [-0.39, 0.29) is 51.8 Å². The summed E-state index contributed by atoms with van der Waals surface area (Å²) in [6, 6.07) is 15.3. The Balaban J connectivity index is 0.000000292. The molecule has 0 bridgehead atoms. The summed E-state index contributed by atoms with van der Waals surface area (Å²) in [5.74, 6) is -4.32. The summed E-state index contributed by atoms with van der Waals surface area (Å²) in [6.45, 7) is 0. The molecule has 0 spiro atoms. The van der Waals surface area contributed by atoms with Crippen molar-refractivity contribution in [2.24, 2.45) is 0 Å². The van der Waals surface area contributed by atoms with Gasteiger partial charge in [-0.15, -0.1) is 29.7 Å². The van der Waals surface area contributed by atoms with E-state index in [9.17, 15) is 19.2 Å². The average Bonchev–Trinajstić information content (AvgIpc) is 2.67. The summed E-state index contributed by atoms with van der Waals surface area (Å²) in [6.07, 6.45) is 0. The predicted octanol–water partition coefficient (Wildman–Crippen LogP) is 0.123. The number of hydrogen-bond donors (Lipinski definition) is 4. The van der Waals surface area contributed by atoms with E-state index < -0.39 is 23.9 Å². The summed E-state index contributed by atoms with van der Waals surface area (Å²) < 4.78 is 0. The Morgan fingerprint density at radius 3 is 1.62 bits per heavy atom. The van der Waals surface area contributed by atoms with Crippen LogP contribution in [-0.4, -0.2) is 44.3 Å². The van der Waals surface area contributed by atoms with Crippen LogP contribution in [0.3, 0.4) is 0 Å². The van der Waals surface area contributed by atoms with E-state index in [0.29, 0.717) is 10.8 Å². The first-order valence-electron chi connectivity index (χ1n) is 7.68. The first kappa shape index (κ1) is 23.8. The summed E-state index contributed by atoms with van der Waals surface area (Å²) in [5, 5.41) is 35.8. The van der Waals surface area contributed by atoms with E-state index in [1.54, 1.807) is 12.1 Å². The predicted molar refractivity (Wildman–Crippen MR) is 97.1 cm³/mol. The van der Waals surface area contributed by atoms with Crippen molar-refractivity contribution in [3.63, 3.8) is 0 Å². The van der Waals surface area contributed by atoms with Gasteiger partial charge in [-0.25, -0.2) is 14.4 Å². The quantitative estimate of drug-likeness (QED) is 0.354. The van der Waals surface area contributed by atoms with Crippen LogP contribution in [0.2, 0.25) is 0 Å². The van der Waals surface area contributed by atoms with E-state index in [2.05, 4.69) is 6.07 Å². The number of hydrogen-bond acceptors (Lipinski definition) is 4. The molecule has 142 valence electrons. The summed E-state index contributed by atoms with van der Waals surface area (Å²) >= 11 is 0. The molecule has 0 atom stereocenters. The second-order valence-electron chi connectivity index (χ2n) is 5.48. The zero-order valence-corrected chi connectivity index (χ0v) is 17.1. The molecule has 9 heteroatoms. The number of carboxylic acid groups (broad SMARTS) is 4. The van der Waals surface area contributed by atoms with Crippen LogP contribution in [0.25, 0.3) is 10.8 Å². The molecule has 0 aliphatic rings.